The molecular formula is C26H32Cl2N2OS2. The lowest BCUT2D eigenvalue weighted by molar-refractivity contribution is 0.507. The Morgan fingerprint density at radius 3 is 2.76 bits per heavy atom. The molecule has 2 heterocycles. The maximum absolute atomic E-state index is 13.7. The van der Waals surface area contributed by atoms with E-state index in [0.29, 0.717) is 21.7 Å². The van der Waals surface area contributed by atoms with Crippen molar-refractivity contribution in [3.63, 3.8) is 0 Å². The first-order valence-electron chi connectivity index (χ1n) is 12.1. The predicted octanol–water partition coefficient (Wildman–Crippen LogP) is 8.54. The lowest BCUT2D eigenvalue weighted by atomic mass is 9.89. The minimum atomic E-state index is 0.144. The number of thiophene rings is 1. The molecule has 0 N–H and O–H groups in total. The van der Waals surface area contributed by atoms with Gasteiger partial charge in [0.05, 0.1) is 5.39 Å². The third kappa shape index (κ3) is 5.98. The molecule has 0 fully saturated rings. The van der Waals surface area contributed by atoms with Crippen LogP contribution >= 0.6 is 46.3 Å². The third-order valence-electron chi connectivity index (χ3n) is 6.49. The van der Waals surface area contributed by atoms with Crippen LogP contribution in [0.5, 0.6) is 0 Å². The van der Waals surface area contributed by atoms with Gasteiger partial charge in [0.2, 0.25) is 0 Å². The van der Waals surface area contributed by atoms with Gasteiger partial charge in [-0.3, -0.25) is 9.36 Å². The summed E-state index contributed by atoms with van der Waals surface area (Å²) in [5.74, 6) is 1.34. The van der Waals surface area contributed by atoms with Gasteiger partial charge in [-0.25, -0.2) is 4.98 Å². The van der Waals surface area contributed by atoms with Gasteiger partial charge in [0, 0.05) is 27.2 Å². The number of unbranched alkanes of at least 4 members (excludes halogenated alkanes) is 5. The molecule has 1 aliphatic carbocycles. The van der Waals surface area contributed by atoms with Crippen molar-refractivity contribution in [2.24, 2.45) is 5.92 Å². The first kappa shape index (κ1) is 25.1. The van der Waals surface area contributed by atoms with E-state index in [1.165, 1.54) is 36.1 Å². The number of fused-ring (bicyclic) bond motifs is 3. The van der Waals surface area contributed by atoms with Crippen LogP contribution in [-0.4, -0.2) is 9.55 Å². The monoisotopic (exact) mass is 522 g/mol. The van der Waals surface area contributed by atoms with E-state index in [1.54, 1.807) is 29.2 Å². The summed E-state index contributed by atoms with van der Waals surface area (Å²) >= 11 is 15.8. The summed E-state index contributed by atoms with van der Waals surface area (Å²) in [6.07, 6.45) is 10.4. The van der Waals surface area contributed by atoms with Crippen LogP contribution in [0, 0.1) is 5.92 Å². The molecule has 0 aliphatic heterocycles. The van der Waals surface area contributed by atoms with Crippen LogP contribution in [0.2, 0.25) is 10.0 Å². The normalized spacial score (nSPS) is 15.8. The molecule has 0 spiro atoms. The standard InChI is InChI=1S/C26H32Cl2N2OS2/c1-3-4-5-6-7-8-13-30-25(31)23-20-12-9-17(2)14-22(20)33-24(23)29-26(30)32-16-18-10-11-19(27)15-21(18)28/h10-11,15,17H,3-9,12-14,16H2,1-2H3/t17-/m0/s1. The molecule has 0 amide bonds. The first-order chi connectivity index (χ1) is 16.0. The van der Waals surface area contributed by atoms with E-state index in [0.717, 1.165) is 59.6 Å². The Balaban J connectivity index is 1.63. The fraction of sp³-hybridized carbons (Fsp3) is 0.538. The minimum Gasteiger partial charge on any atom is -0.287 e. The summed E-state index contributed by atoms with van der Waals surface area (Å²) < 4.78 is 1.93. The number of rotatable bonds is 10. The van der Waals surface area contributed by atoms with Crippen molar-refractivity contribution in [2.75, 3.05) is 0 Å². The van der Waals surface area contributed by atoms with E-state index in [1.807, 2.05) is 16.7 Å². The molecule has 7 heteroatoms. The molecule has 1 aromatic carbocycles. The molecule has 1 atom stereocenters. The van der Waals surface area contributed by atoms with Crippen molar-refractivity contribution < 1.29 is 0 Å². The quantitative estimate of drug-likeness (QED) is 0.152. The summed E-state index contributed by atoms with van der Waals surface area (Å²) in [7, 11) is 0. The second-order valence-electron chi connectivity index (χ2n) is 9.18. The van der Waals surface area contributed by atoms with Gasteiger partial charge >= 0.3 is 0 Å². The number of thioether (sulfide) groups is 1. The van der Waals surface area contributed by atoms with Crippen LogP contribution in [0.3, 0.4) is 0 Å². The van der Waals surface area contributed by atoms with E-state index in [2.05, 4.69) is 13.8 Å². The Labute approximate surface area is 214 Å². The highest BCUT2D eigenvalue weighted by Crippen LogP contribution is 2.37. The Kier molecular flexibility index (Phi) is 8.83. The summed E-state index contributed by atoms with van der Waals surface area (Å²) in [4.78, 5) is 21.0. The van der Waals surface area contributed by atoms with Crippen molar-refractivity contribution in [2.45, 2.75) is 89.1 Å². The summed E-state index contributed by atoms with van der Waals surface area (Å²) in [6.45, 7) is 5.26. The lowest BCUT2D eigenvalue weighted by Crippen LogP contribution is -2.24. The average molecular weight is 524 g/mol. The van der Waals surface area contributed by atoms with E-state index in [9.17, 15) is 4.79 Å². The van der Waals surface area contributed by atoms with Crippen molar-refractivity contribution in [3.05, 3.63) is 54.6 Å². The number of hydrogen-bond donors (Lipinski definition) is 0. The Hall–Kier alpha value is -1.01. The Bertz CT molecular complexity index is 1170. The van der Waals surface area contributed by atoms with Gasteiger partial charge in [-0.15, -0.1) is 11.3 Å². The van der Waals surface area contributed by atoms with E-state index >= 15 is 0 Å². The second kappa shape index (κ2) is 11.6. The van der Waals surface area contributed by atoms with Crippen molar-refractivity contribution in [1.29, 1.82) is 0 Å². The predicted molar refractivity (Wildman–Crippen MR) is 144 cm³/mol. The Morgan fingerprint density at radius 1 is 1.18 bits per heavy atom. The van der Waals surface area contributed by atoms with Crippen molar-refractivity contribution in [3.8, 4) is 0 Å². The van der Waals surface area contributed by atoms with Gasteiger partial charge < -0.3 is 0 Å². The number of benzene rings is 1. The molecule has 0 saturated heterocycles. The zero-order valence-electron chi connectivity index (χ0n) is 19.5. The van der Waals surface area contributed by atoms with Gasteiger partial charge in [0.25, 0.3) is 5.56 Å². The number of aromatic nitrogens is 2. The van der Waals surface area contributed by atoms with Crippen molar-refractivity contribution in [1.82, 2.24) is 9.55 Å². The van der Waals surface area contributed by atoms with Gasteiger partial charge in [0.15, 0.2) is 5.16 Å². The minimum absolute atomic E-state index is 0.144. The molecule has 2 aromatic heterocycles. The molecule has 178 valence electrons. The average Bonchev–Trinajstić information content (AvgIpc) is 3.14. The number of aryl methyl sites for hydroxylation is 1. The molecule has 0 radical (unpaired) electrons. The molecule has 1 aliphatic rings. The molecular weight excluding hydrogens is 491 g/mol. The zero-order valence-corrected chi connectivity index (χ0v) is 22.6. The maximum Gasteiger partial charge on any atom is 0.263 e. The number of nitrogens with zero attached hydrogens (tertiary/aromatic N) is 2. The smallest absolute Gasteiger partial charge is 0.263 e. The molecule has 3 nitrogen and oxygen atoms in total. The van der Waals surface area contributed by atoms with Crippen LogP contribution in [0.1, 0.15) is 74.8 Å². The number of halogens is 2. The summed E-state index contributed by atoms with van der Waals surface area (Å²) in [5.41, 5.74) is 2.41. The zero-order chi connectivity index (χ0) is 23.4. The maximum atomic E-state index is 13.7. The molecule has 0 bridgehead atoms. The SMILES string of the molecule is CCCCCCCCn1c(SCc2ccc(Cl)cc2Cl)nc2sc3c(c2c1=O)CC[C@H](C)C3. The highest BCUT2D eigenvalue weighted by molar-refractivity contribution is 7.98. The van der Waals surface area contributed by atoms with Gasteiger partial charge in [-0.1, -0.05) is 87.0 Å². The van der Waals surface area contributed by atoms with Gasteiger partial charge in [-0.05, 0) is 54.9 Å². The molecule has 3 aromatic rings. The van der Waals surface area contributed by atoms with Crippen LogP contribution in [0.25, 0.3) is 10.2 Å². The van der Waals surface area contributed by atoms with Crippen molar-refractivity contribution >= 4 is 56.5 Å². The highest BCUT2D eigenvalue weighted by Gasteiger charge is 2.24. The largest absolute Gasteiger partial charge is 0.287 e. The topological polar surface area (TPSA) is 34.9 Å². The Morgan fingerprint density at radius 2 is 1.97 bits per heavy atom. The summed E-state index contributed by atoms with van der Waals surface area (Å²) in [6, 6.07) is 5.59. The van der Waals surface area contributed by atoms with E-state index < -0.39 is 0 Å². The molecule has 4 rings (SSSR count). The molecule has 0 saturated carbocycles. The van der Waals surface area contributed by atoms with Gasteiger partial charge in [-0.2, -0.15) is 0 Å². The van der Waals surface area contributed by atoms with Crippen LogP contribution in [0.15, 0.2) is 28.2 Å². The second-order valence-corrected chi connectivity index (χ2v) is 12.0. The number of hydrogen-bond acceptors (Lipinski definition) is 4. The van der Waals surface area contributed by atoms with Gasteiger partial charge in [0.1, 0.15) is 4.83 Å². The highest BCUT2D eigenvalue weighted by atomic mass is 35.5. The molecule has 33 heavy (non-hydrogen) atoms. The first-order valence-corrected chi connectivity index (χ1v) is 14.7. The van der Waals surface area contributed by atoms with Crippen LogP contribution in [-0.2, 0) is 25.1 Å². The van der Waals surface area contributed by atoms with Crippen LogP contribution < -0.4 is 5.56 Å². The fourth-order valence-corrected chi connectivity index (χ4v) is 7.55. The fourth-order valence-electron chi connectivity index (χ4n) is 4.54. The van der Waals surface area contributed by atoms with Crippen LogP contribution in [0.4, 0.5) is 0 Å². The summed E-state index contributed by atoms with van der Waals surface area (Å²) in [5, 5.41) is 2.97. The van der Waals surface area contributed by atoms with E-state index in [4.69, 9.17) is 28.2 Å². The van der Waals surface area contributed by atoms with E-state index in [-0.39, 0.29) is 5.56 Å². The third-order valence-corrected chi connectivity index (χ3v) is 9.25. The lowest BCUT2D eigenvalue weighted by Gasteiger charge is -2.18. The molecule has 0 unspecified atom stereocenters.